The SMILES string of the molecule is N#Cc1ccccc1C1Sc2ccc(C(F)(F)F)cc2NC2=C1C(=O)c1ccccc12. The van der Waals surface area contributed by atoms with Gasteiger partial charge < -0.3 is 5.32 Å². The van der Waals surface area contributed by atoms with E-state index >= 15 is 0 Å². The van der Waals surface area contributed by atoms with Crippen molar-refractivity contribution in [3.05, 3.63) is 100 Å². The molecule has 0 saturated carbocycles. The Hall–Kier alpha value is -3.50. The molecule has 2 aliphatic rings. The largest absolute Gasteiger partial charge is 0.416 e. The maximum Gasteiger partial charge on any atom is 0.416 e. The number of thioether (sulfide) groups is 1. The Morgan fingerprint density at radius 3 is 2.42 bits per heavy atom. The number of halogens is 3. The molecule has 1 atom stereocenters. The number of hydrogen-bond donors (Lipinski definition) is 1. The topological polar surface area (TPSA) is 52.9 Å². The first kappa shape index (κ1) is 19.5. The van der Waals surface area contributed by atoms with E-state index in [1.165, 1.54) is 17.8 Å². The van der Waals surface area contributed by atoms with Gasteiger partial charge >= 0.3 is 6.18 Å². The highest BCUT2D eigenvalue weighted by Crippen LogP contribution is 2.53. The summed E-state index contributed by atoms with van der Waals surface area (Å²) in [4.78, 5) is 13.9. The van der Waals surface area contributed by atoms with Crippen molar-refractivity contribution in [2.75, 3.05) is 5.32 Å². The molecule has 3 aromatic rings. The summed E-state index contributed by atoms with van der Waals surface area (Å²) in [5.41, 5.74) is 2.67. The van der Waals surface area contributed by atoms with Crippen molar-refractivity contribution in [2.24, 2.45) is 0 Å². The third-order valence-electron chi connectivity index (χ3n) is 5.39. The third-order valence-corrected chi connectivity index (χ3v) is 6.73. The minimum Gasteiger partial charge on any atom is -0.354 e. The molecule has 1 heterocycles. The van der Waals surface area contributed by atoms with Crippen LogP contribution in [0.4, 0.5) is 18.9 Å². The van der Waals surface area contributed by atoms with Crippen LogP contribution in [0.5, 0.6) is 0 Å². The molecule has 3 nitrogen and oxygen atoms in total. The summed E-state index contributed by atoms with van der Waals surface area (Å²) in [6.45, 7) is 0. The fourth-order valence-corrected chi connectivity index (χ4v) is 5.27. The molecule has 3 aromatic carbocycles. The molecule has 0 bridgehead atoms. The lowest BCUT2D eigenvalue weighted by atomic mass is 9.97. The second-order valence-electron chi connectivity index (χ2n) is 7.19. The second kappa shape index (κ2) is 7.03. The van der Waals surface area contributed by atoms with Crippen LogP contribution in [0.3, 0.4) is 0 Å². The van der Waals surface area contributed by atoms with Crippen molar-refractivity contribution >= 4 is 28.9 Å². The number of Topliss-reactive ketones (excluding diaryl/α,β-unsaturated/α-hetero) is 1. The molecule has 0 aromatic heterocycles. The molecule has 0 radical (unpaired) electrons. The van der Waals surface area contributed by atoms with E-state index in [1.54, 1.807) is 48.5 Å². The predicted octanol–water partition coefficient (Wildman–Crippen LogP) is 6.44. The summed E-state index contributed by atoms with van der Waals surface area (Å²) < 4.78 is 40.0. The second-order valence-corrected chi connectivity index (χ2v) is 8.34. The number of hydrogen-bond acceptors (Lipinski definition) is 4. The van der Waals surface area contributed by atoms with Gasteiger partial charge in [0, 0.05) is 21.6 Å². The van der Waals surface area contributed by atoms with E-state index in [-0.39, 0.29) is 11.5 Å². The summed E-state index contributed by atoms with van der Waals surface area (Å²) in [6, 6.07) is 19.7. The van der Waals surface area contributed by atoms with Crippen LogP contribution in [0.15, 0.2) is 77.2 Å². The van der Waals surface area contributed by atoms with E-state index in [4.69, 9.17) is 0 Å². The summed E-state index contributed by atoms with van der Waals surface area (Å²) in [7, 11) is 0. The van der Waals surface area contributed by atoms with E-state index in [1.807, 2.05) is 0 Å². The number of nitrogens with one attached hydrogen (secondary N) is 1. The van der Waals surface area contributed by atoms with Crippen molar-refractivity contribution in [1.29, 1.82) is 5.26 Å². The molecule has 0 fully saturated rings. The van der Waals surface area contributed by atoms with Crippen LogP contribution in [0, 0.1) is 11.3 Å². The van der Waals surface area contributed by atoms with Crippen LogP contribution >= 0.6 is 11.8 Å². The van der Waals surface area contributed by atoms with Crippen LogP contribution in [-0.4, -0.2) is 5.78 Å². The molecule has 1 N–H and O–H groups in total. The minimum absolute atomic E-state index is 0.188. The predicted molar refractivity (Wildman–Crippen MR) is 113 cm³/mol. The van der Waals surface area contributed by atoms with Gasteiger partial charge in [0.05, 0.1) is 33.8 Å². The molecule has 1 unspecified atom stereocenters. The fraction of sp³-hybridized carbons (Fsp3) is 0.0833. The molecule has 7 heteroatoms. The van der Waals surface area contributed by atoms with Crippen LogP contribution in [0.2, 0.25) is 0 Å². The van der Waals surface area contributed by atoms with Gasteiger partial charge in [0.15, 0.2) is 5.78 Å². The van der Waals surface area contributed by atoms with Gasteiger partial charge in [-0.05, 0) is 29.8 Å². The first-order chi connectivity index (χ1) is 14.9. The van der Waals surface area contributed by atoms with E-state index in [0.717, 1.165) is 12.1 Å². The molecule has 31 heavy (non-hydrogen) atoms. The van der Waals surface area contributed by atoms with Gasteiger partial charge in [0.1, 0.15) is 0 Å². The maximum atomic E-state index is 13.4. The first-order valence-electron chi connectivity index (χ1n) is 9.40. The molecular formula is C24H13F3N2OS. The lowest BCUT2D eigenvalue weighted by Gasteiger charge is -2.18. The number of carbonyl (C=O) groups excluding carboxylic acids is 1. The van der Waals surface area contributed by atoms with Gasteiger partial charge in [-0.3, -0.25) is 4.79 Å². The lowest BCUT2D eigenvalue weighted by molar-refractivity contribution is -0.137. The number of benzene rings is 3. The van der Waals surface area contributed by atoms with Crippen LogP contribution in [-0.2, 0) is 6.18 Å². The normalized spacial score (nSPS) is 17.2. The molecule has 152 valence electrons. The summed E-state index contributed by atoms with van der Waals surface area (Å²) in [6.07, 6.45) is -4.49. The monoisotopic (exact) mass is 434 g/mol. The number of fused-ring (bicyclic) bond motifs is 3. The van der Waals surface area contributed by atoms with Gasteiger partial charge in [-0.15, -0.1) is 11.8 Å². The highest BCUT2D eigenvalue weighted by atomic mass is 32.2. The summed E-state index contributed by atoms with van der Waals surface area (Å²) >= 11 is 1.27. The zero-order chi connectivity index (χ0) is 21.8. The Morgan fingerprint density at radius 1 is 0.968 bits per heavy atom. The standard InChI is InChI=1S/C24H13F3N2OS/c25-24(26,27)14-9-10-19-18(11-14)29-21-16-7-3-4-8-17(16)22(30)20(21)23(31-19)15-6-2-1-5-13(15)12-28/h1-11,23,29H. The van der Waals surface area contributed by atoms with Gasteiger partial charge in [-0.25, -0.2) is 0 Å². The lowest BCUT2D eigenvalue weighted by Crippen LogP contribution is -2.09. The van der Waals surface area contributed by atoms with Crippen LogP contribution in [0.25, 0.3) is 5.70 Å². The van der Waals surface area contributed by atoms with Gasteiger partial charge in [-0.1, -0.05) is 42.5 Å². The van der Waals surface area contributed by atoms with E-state index < -0.39 is 17.0 Å². The smallest absolute Gasteiger partial charge is 0.354 e. The number of anilines is 1. The molecule has 0 saturated heterocycles. The molecule has 5 rings (SSSR count). The number of alkyl halides is 3. The average Bonchev–Trinajstić information content (AvgIpc) is 2.93. The van der Waals surface area contributed by atoms with Crippen molar-refractivity contribution in [1.82, 2.24) is 0 Å². The Balaban J connectivity index is 1.76. The van der Waals surface area contributed by atoms with Crippen molar-refractivity contribution in [3.63, 3.8) is 0 Å². The van der Waals surface area contributed by atoms with Crippen molar-refractivity contribution < 1.29 is 18.0 Å². The van der Waals surface area contributed by atoms with E-state index in [9.17, 15) is 23.2 Å². The van der Waals surface area contributed by atoms with Gasteiger partial charge in [-0.2, -0.15) is 18.4 Å². The molecular weight excluding hydrogens is 421 g/mol. The zero-order valence-electron chi connectivity index (χ0n) is 15.8. The third kappa shape index (κ3) is 3.11. The number of rotatable bonds is 1. The van der Waals surface area contributed by atoms with Crippen molar-refractivity contribution in [2.45, 2.75) is 16.3 Å². The van der Waals surface area contributed by atoms with E-state index in [0.29, 0.717) is 38.4 Å². The average molecular weight is 434 g/mol. The summed E-state index contributed by atoms with van der Waals surface area (Å²) in [5.74, 6) is -0.188. The Kier molecular flexibility index (Phi) is 4.42. The van der Waals surface area contributed by atoms with Crippen molar-refractivity contribution in [3.8, 4) is 6.07 Å². The fourth-order valence-electron chi connectivity index (χ4n) is 3.96. The number of carbonyl (C=O) groups is 1. The first-order valence-corrected chi connectivity index (χ1v) is 10.3. The van der Waals surface area contributed by atoms with E-state index in [2.05, 4.69) is 11.4 Å². The quantitative estimate of drug-likeness (QED) is 0.479. The maximum absolute atomic E-state index is 13.4. The highest BCUT2D eigenvalue weighted by Gasteiger charge is 2.39. The van der Waals surface area contributed by atoms with Crippen LogP contribution in [0.1, 0.15) is 37.9 Å². The molecule has 1 aliphatic heterocycles. The minimum atomic E-state index is -4.49. The zero-order valence-corrected chi connectivity index (χ0v) is 16.6. The number of ketones is 1. The molecule has 0 amide bonds. The number of nitriles is 1. The molecule has 0 spiro atoms. The Labute approximate surface area is 180 Å². The highest BCUT2D eigenvalue weighted by molar-refractivity contribution is 8.00. The van der Waals surface area contributed by atoms with Crippen LogP contribution < -0.4 is 5.32 Å². The Bertz CT molecular complexity index is 1320. The summed E-state index contributed by atoms with van der Waals surface area (Å²) in [5, 5.41) is 12.2. The number of nitrogens with zero attached hydrogens (tertiary/aromatic N) is 1. The Morgan fingerprint density at radius 2 is 1.68 bits per heavy atom. The van der Waals surface area contributed by atoms with Gasteiger partial charge in [0.25, 0.3) is 0 Å². The van der Waals surface area contributed by atoms with Gasteiger partial charge in [0.2, 0.25) is 0 Å². The molecule has 1 aliphatic carbocycles.